The van der Waals surface area contributed by atoms with Gasteiger partial charge in [0.05, 0.1) is 22.3 Å². The maximum Gasteiger partial charge on any atom is 0.149 e. The number of aryl methyl sites for hydroxylation is 1. The Morgan fingerprint density at radius 1 is 0.537 bits per heavy atom. The maximum absolute atomic E-state index is 6.53. The number of para-hydroxylation sites is 4. The molecule has 194 valence electrons. The van der Waals surface area contributed by atoms with Crippen LogP contribution in [0.5, 0.6) is 0 Å². The molecule has 0 saturated heterocycles. The number of fused-ring (bicyclic) bond motifs is 4. The van der Waals surface area contributed by atoms with Gasteiger partial charge >= 0.3 is 0 Å². The first-order chi connectivity index (χ1) is 20.3. The second-order valence-corrected chi connectivity index (χ2v) is 10.4. The molecule has 0 amide bonds. The molecule has 2 aromatic heterocycles. The van der Waals surface area contributed by atoms with E-state index in [-0.39, 0.29) is 0 Å². The van der Waals surface area contributed by atoms with E-state index in [4.69, 9.17) is 9.40 Å². The minimum absolute atomic E-state index is 0.848. The Labute approximate surface area is 238 Å². The molecule has 0 aliphatic rings. The van der Waals surface area contributed by atoms with E-state index in [1.165, 1.54) is 5.56 Å². The number of nitrogens with zero attached hydrogens (tertiary/aromatic N) is 2. The van der Waals surface area contributed by atoms with Crippen molar-refractivity contribution in [1.29, 1.82) is 0 Å². The summed E-state index contributed by atoms with van der Waals surface area (Å²) in [4.78, 5) is 5.31. The molecule has 0 saturated carbocycles. The van der Waals surface area contributed by atoms with Crippen molar-refractivity contribution in [3.05, 3.63) is 145 Å². The average Bonchev–Trinajstić information content (AvgIpc) is 3.61. The monoisotopic (exact) mass is 526 g/mol. The van der Waals surface area contributed by atoms with E-state index < -0.39 is 0 Å². The lowest BCUT2D eigenvalue weighted by Gasteiger charge is -2.20. The van der Waals surface area contributed by atoms with Gasteiger partial charge in [0.25, 0.3) is 0 Å². The van der Waals surface area contributed by atoms with Crippen LogP contribution in [-0.2, 0) is 0 Å². The average molecular weight is 527 g/mol. The highest BCUT2D eigenvalue weighted by atomic mass is 16.3. The van der Waals surface area contributed by atoms with Gasteiger partial charge in [-0.15, -0.1) is 0 Å². The van der Waals surface area contributed by atoms with Crippen molar-refractivity contribution in [3.63, 3.8) is 0 Å². The predicted molar refractivity (Wildman–Crippen MR) is 169 cm³/mol. The first kappa shape index (κ1) is 23.5. The third-order valence-corrected chi connectivity index (χ3v) is 7.95. The number of hydrogen-bond donors (Lipinski definition) is 0. The SMILES string of the molecule is Cc1cccc2nc(-c3cccc4c3oc3ccccc34)n(-c3c(-c4ccccc4)cccc3-c3ccccc3)c12. The third kappa shape index (κ3) is 3.70. The number of rotatable bonds is 4. The van der Waals surface area contributed by atoms with Crippen LogP contribution in [-0.4, -0.2) is 9.55 Å². The first-order valence-electron chi connectivity index (χ1n) is 13.9. The Morgan fingerprint density at radius 3 is 1.85 bits per heavy atom. The molecule has 0 fully saturated rings. The molecule has 6 aromatic carbocycles. The van der Waals surface area contributed by atoms with Crippen LogP contribution in [0.1, 0.15) is 5.56 Å². The first-order valence-corrected chi connectivity index (χ1v) is 13.9. The molecular weight excluding hydrogens is 500 g/mol. The zero-order valence-corrected chi connectivity index (χ0v) is 22.6. The van der Waals surface area contributed by atoms with Crippen LogP contribution in [0.15, 0.2) is 144 Å². The summed E-state index contributed by atoms with van der Waals surface area (Å²) in [5.41, 5.74) is 11.6. The van der Waals surface area contributed by atoms with Gasteiger partial charge in [0.1, 0.15) is 17.0 Å². The van der Waals surface area contributed by atoms with E-state index in [1.54, 1.807) is 0 Å². The van der Waals surface area contributed by atoms with E-state index in [0.717, 1.165) is 72.3 Å². The van der Waals surface area contributed by atoms with E-state index in [9.17, 15) is 0 Å². The molecule has 0 spiro atoms. The van der Waals surface area contributed by atoms with E-state index in [2.05, 4.69) is 139 Å². The largest absolute Gasteiger partial charge is 0.455 e. The van der Waals surface area contributed by atoms with Crippen molar-refractivity contribution in [3.8, 4) is 39.3 Å². The topological polar surface area (TPSA) is 31.0 Å². The number of furan rings is 1. The number of imidazole rings is 1. The zero-order chi connectivity index (χ0) is 27.3. The van der Waals surface area contributed by atoms with E-state index in [0.29, 0.717) is 0 Å². The van der Waals surface area contributed by atoms with Crippen molar-refractivity contribution in [2.45, 2.75) is 6.92 Å². The van der Waals surface area contributed by atoms with Crippen LogP contribution < -0.4 is 0 Å². The molecule has 3 heteroatoms. The van der Waals surface area contributed by atoms with Crippen LogP contribution in [0.4, 0.5) is 0 Å². The second kappa shape index (κ2) is 9.35. The highest BCUT2D eigenvalue weighted by Gasteiger charge is 2.24. The van der Waals surface area contributed by atoms with Gasteiger partial charge in [0.2, 0.25) is 0 Å². The minimum atomic E-state index is 0.848. The molecule has 0 unspecified atom stereocenters. The fourth-order valence-electron chi connectivity index (χ4n) is 6.10. The lowest BCUT2D eigenvalue weighted by Crippen LogP contribution is -2.04. The molecule has 2 heterocycles. The molecule has 0 aliphatic heterocycles. The summed E-state index contributed by atoms with van der Waals surface area (Å²) in [5, 5.41) is 2.20. The van der Waals surface area contributed by atoms with Gasteiger partial charge in [0.15, 0.2) is 0 Å². The second-order valence-electron chi connectivity index (χ2n) is 10.4. The lowest BCUT2D eigenvalue weighted by atomic mass is 9.95. The summed E-state index contributed by atoms with van der Waals surface area (Å²) in [6.45, 7) is 2.17. The Bertz CT molecular complexity index is 2150. The third-order valence-electron chi connectivity index (χ3n) is 7.95. The van der Waals surface area contributed by atoms with Crippen molar-refractivity contribution in [1.82, 2.24) is 9.55 Å². The van der Waals surface area contributed by atoms with Crippen LogP contribution in [0.2, 0.25) is 0 Å². The Morgan fingerprint density at radius 2 is 1.12 bits per heavy atom. The lowest BCUT2D eigenvalue weighted by molar-refractivity contribution is 0.669. The van der Waals surface area contributed by atoms with Crippen LogP contribution in [0.3, 0.4) is 0 Å². The summed E-state index contributed by atoms with van der Waals surface area (Å²) < 4.78 is 8.89. The molecule has 41 heavy (non-hydrogen) atoms. The van der Waals surface area contributed by atoms with E-state index in [1.807, 2.05) is 12.1 Å². The van der Waals surface area contributed by atoms with E-state index >= 15 is 0 Å². The highest BCUT2D eigenvalue weighted by molar-refractivity contribution is 6.09. The van der Waals surface area contributed by atoms with Gasteiger partial charge < -0.3 is 4.42 Å². The molecule has 0 bridgehead atoms. The fourth-order valence-corrected chi connectivity index (χ4v) is 6.10. The van der Waals surface area contributed by atoms with Gasteiger partial charge in [-0.05, 0) is 41.8 Å². The molecule has 0 atom stereocenters. The Hall–Kier alpha value is -5.41. The fraction of sp³-hybridized carbons (Fsp3) is 0.0263. The Balaban J connectivity index is 1.55. The van der Waals surface area contributed by atoms with Crippen molar-refractivity contribution >= 4 is 33.0 Å². The predicted octanol–water partition coefficient (Wildman–Crippen LogP) is 10.2. The van der Waals surface area contributed by atoms with Gasteiger partial charge in [-0.2, -0.15) is 0 Å². The molecule has 3 nitrogen and oxygen atoms in total. The molecule has 0 aliphatic carbocycles. The van der Waals surface area contributed by atoms with Gasteiger partial charge in [-0.25, -0.2) is 4.98 Å². The minimum Gasteiger partial charge on any atom is -0.455 e. The standard InChI is InChI=1S/C38H26N2O/c1-25-13-10-23-33-35(25)40(38(39-33)32-22-12-21-31-30-18-8-9-24-34(30)41-37(31)32)36-28(26-14-4-2-5-15-26)19-11-20-29(36)27-16-6-3-7-17-27/h2-24H,1H3. The van der Waals surface area contributed by atoms with Gasteiger partial charge in [0, 0.05) is 21.9 Å². The normalized spacial score (nSPS) is 11.5. The van der Waals surface area contributed by atoms with Gasteiger partial charge in [-0.3, -0.25) is 4.57 Å². The van der Waals surface area contributed by atoms with Crippen LogP contribution in [0.25, 0.3) is 72.3 Å². The van der Waals surface area contributed by atoms with Crippen molar-refractivity contribution in [2.75, 3.05) is 0 Å². The number of hydrogen-bond acceptors (Lipinski definition) is 2. The van der Waals surface area contributed by atoms with Crippen LogP contribution >= 0.6 is 0 Å². The van der Waals surface area contributed by atoms with Crippen molar-refractivity contribution < 1.29 is 4.42 Å². The summed E-state index contributed by atoms with van der Waals surface area (Å²) in [6, 6.07) is 48.8. The summed E-state index contributed by atoms with van der Waals surface area (Å²) >= 11 is 0. The summed E-state index contributed by atoms with van der Waals surface area (Å²) in [7, 11) is 0. The van der Waals surface area contributed by atoms with Crippen molar-refractivity contribution in [2.24, 2.45) is 0 Å². The smallest absolute Gasteiger partial charge is 0.149 e. The Kier molecular flexibility index (Phi) is 5.36. The molecule has 0 N–H and O–H groups in total. The van der Waals surface area contributed by atoms with Gasteiger partial charge in [-0.1, -0.05) is 121 Å². The molecule has 8 aromatic rings. The van der Waals surface area contributed by atoms with Crippen LogP contribution in [0, 0.1) is 6.92 Å². The molecule has 8 rings (SSSR count). The number of aromatic nitrogens is 2. The summed E-state index contributed by atoms with van der Waals surface area (Å²) in [5.74, 6) is 0.861. The zero-order valence-electron chi connectivity index (χ0n) is 22.6. The number of benzene rings is 6. The quantitative estimate of drug-likeness (QED) is 0.228. The maximum atomic E-state index is 6.53. The molecular formula is C38H26N2O. The molecule has 0 radical (unpaired) electrons. The highest BCUT2D eigenvalue weighted by Crippen LogP contribution is 2.43. The summed E-state index contributed by atoms with van der Waals surface area (Å²) in [6.07, 6.45) is 0.